The second-order valence-electron chi connectivity index (χ2n) is 7.29. The average Bonchev–Trinajstić information content (AvgIpc) is 3.00. The molecule has 0 amide bonds. The predicted molar refractivity (Wildman–Crippen MR) is 127 cm³/mol. The number of guanidine groups is 1. The summed E-state index contributed by atoms with van der Waals surface area (Å²) in [7, 11) is -1.34. The summed E-state index contributed by atoms with van der Waals surface area (Å²) in [5.41, 5.74) is 2.12. The molecule has 28 heavy (non-hydrogen) atoms. The Balaban J connectivity index is 0.00000280. The standard InChI is InChI=1S/C19H26N4O2S2.HI/c1-14-16(26-17(22-14)15-8-6-5-7-9-15)12-21-18(20-4)23-10-11-27(24,25)19(2,3)13-23;/h5-9H,10-13H2,1-4H3,(H,20,21);1H. The third-order valence-corrected chi connectivity index (χ3v) is 8.61. The molecule has 0 bridgehead atoms. The minimum atomic E-state index is -3.07. The van der Waals surface area contributed by atoms with Crippen LogP contribution in [0, 0.1) is 6.92 Å². The average molecular weight is 534 g/mol. The van der Waals surface area contributed by atoms with Gasteiger partial charge in [-0.3, -0.25) is 4.99 Å². The van der Waals surface area contributed by atoms with Crippen LogP contribution in [0.1, 0.15) is 24.4 Å². The highest BCUT2D eigenvalue weighted by molar-refractivity contribution is 14.0. The van der Waals surface area contributed by atoms with Crippen molar-refractivity contribution in [2.75, 3.05) is 25.9 Å². The number of nitrogens with one attached hydrogen (secondary N) is 1. The molecular formula is C19H27IN4O2S2. The Bertz CT molecular complexity index is 940. The van der Waals surface area contributed by atoms with Gasteiger partial charge in [-0.25, -0.2) is 13.4 Å². The molecule has 0 aliphatic carbocycles. The van der Waals surface area contributed by atoms with E-state index in [1.165, 1.54) is 0 Å². The lowest BCUT2D eigenvalue weighted by Gasteiger charge is -2.39. The van der Waals surface area contributed by atoms with Crippen molar-refractivity contribution in [2.24, 2.45) is 4.99 Å². The van der Waals surface area contributed by atoms with Gasteiger partial charge in [0.15, 0.2) is 15.8 Å². The van der Waals surface area contributed by atoms with Crippen LogP contribution in [0.15, 0.2) is 35.3 Å². The van der Waals surface area contributed by atoms with Gasteiger partial charge in [0.05, 0.1) is 22.7 Å². The number of aryl methyl sites for hydroxylation is 1. The first-order chi connectivity index (χ1) is 12.7. The van der Waals surface area contributed by atoms with E-state index in [0.717, 1.165) is 27.1 Å². The van der Waals surface area contributed by atoms with Crippen LogP contribution in [0.5, 0.6) is 0 Å². The fourth-order valence-electron chi connectivity index (χ4n) is 3.11. The van der Waals surface area contributed by atoms with E-state index in [-0.39, 0.29) is 29.7 Å². The van der Waals surface area contributed by atoms with Crippen LogP contribution in [0.2, 0.25) is 0 Å². The Morgan fingerprint density at radius 2 is 2.00 bits per heavy atom. The second-order valence-corrected chi connectivity index (χ2v) is 11.1. The smallest absolute Gasteiger partial charge is 0.194 e. The number of rotatable bonds is 3. The molecule has 1 aliphatic rings. The van der Waals surface area contributed by atoms with Gasteiger partial charge in [0.2, 0.25) is 0 Å². The van der Waals surface area contributed by atoms with Gasteiger partial charge in [-0.2, -0.15) is 0 Å². The fraction of sp³-hybridized carbons (Fsp3) is 0.474. The minimum absolute atomic E-state index is 0. The summed E-state index contributed by atoms with van der Waals surface area (Å²) in [4.78, 5) is 12.2. The molecule has 2 heterocycles. The van der Waals surface area contributed by atoms with Crippen molar-refractivity contribution in [2.45, 2.75) is 32.1 Å². The lowest BCUT2D eigenvalue weighted by atomic mass is 10.2. The minimum Gasteiger partial charge on any atom is -0.351 e. The summed E-state index contributed by atoms with van der Waals surface area (Å²) >= 11 is 1.67. The van der Waals surface area contributed by atoms with E-state index in [9.17, 15) is 8.42 Å². The van der Waals surface area contributed by atoms with E-state index in [2.05, 4.69) is 27.4 Å². The molecule has 0 unspecified atom stereocenters. The number of nitrogens with zero attached hydrogens (tertiary/aromatic N) is 3. The molecule has 1 fully saturated rings. The number of halogens is 1. The first kappa shape index (κ1) is 23.1. The Hall–Kier alpha value is -1.20. The van der Waals surface area contributed by atoms with Gasteiger partial charge in [-0.1, -0.05) is 30.3 Å². The second kappa shape index (κ2) is 9.08. The quantitative estimate of drug-likeness (QED) is 0.372. The molecule has 0 saturated carbocycles. The van der Waals surface area contributed by atoms with Crippen LogP contribution in [-0.2, 0) is 16.4 Å². The Kier molecular flexibility index (Phi) is 7.49. The van der Waals surface area contributed by atoms with Crippen LogP contribution in [0.4, 0.5) is 0 Å². The lowest BCUT2D eigenvalue weighted by molar-refractivity contribution is 0.353. The molecule has 1 aliphatic heterocycles. The Labute approximate surface area is 188 Å². The summed E-state index contributed by atoms with van der Waals surface area (Å²) < 4.78 is 23.7. The van der Waals surface area contributed by atoms with Crippen molar-refractivity contribution >= 4 is 51.1 Å². The largest absolute Gasteiger partial charge is 0.351 e. The van der Waals surface area contributed by atoms with Crippen molar-refractivity contribution in [1.82, 2.24) is 15.2 Å². The van der Waals surface area contributed by atoms with E-state index < -0.39 is 14.6 Å². The summed E-state index contributed by atoms with van der Waals surface area (Å²) in [6.07, 6.45) is 0. The number of thiazole rings is 1. The highest BCUT2D eigenvalue weighted by atomic mass is 127. The van der Waals surface area contributed by atoms with E-state index in [4.69, 9.17) is 0 Å². The topological polar surface area (TPSA) is 74.7 Å². The number of hydrogen-bond donors (Lipinski definition) is 1. The van der Waals surface area contributed by atoms with Gasteiger partial charge < -0.3 is 10.2 Å². The summed E-state index contributed by atoms with van der Waals surface area (Å²) in [5.74, 6) is 0.880. The van der Waals surface area contributed by atoms with Crippen LogP contribution in [0.3, 0.4) is 0 Å². The van der Waals surface area contributed by atoms with Gasteiger partial charge in [-0.15, -0.1) is 35.3 Å². The fourth-order valence-corrected chi connectivity index (χ4v) is 5.49. The zero-order valence-electron chi connectivity index (χ0n) is 16.6. The molecule has 6 nitrogen and oxygen atoms in total. The summed E-state index contributed by atoms with van der Waals surface area (Å²) in [5, 5.41) is 4.38. The number of hydrogen-bond acceptors (Lipinski definition) is 5. The lowest BCUT2D eigenvalue weighted by Crippen LogP contribution is -2.57. The van der Waals surface area contributed by atoms with Gasteiger partial charge in [-0.05, 0) is 20.8 Å². The van der Waals surface area contributed by atoms with Crippen LogP contribution in [0.25, 0.3) is 10.6 Å². The molecule has 0 spiro atoms. The molecule has 1 aromatic carbocycles. The molecule has 1 aromatic heterocycles. The molecule has 9 heteroatoms. The van der Waals surface area contributed by atoms with Gasteiger partial charge in [0, 0.05) is 30.6 Å². The maximum atomic E-state index is 12.2. The van der Waals surface area contributed by atoms with Crippen molar-refractivity contribution < 1.29 is 8.42 Å². The summed E-state index contributed by atoms with van der Waals surface area (Å²) in [6.45, 7) is 7.09. The SMILES string of the molecule is CN=C(NCc1sc(-c2ccccc2)nc1C)N1CCS(=O)(=O)C(C)(C)C1.I. The molecule has 154 valence electrons. The zero-order valence-corrected chi connectivity index (χ0v) is 20.6. The summed E-state index contributed by atoms with van der Waals surface area (Å²) in [6, 6.07) is 10.1. The Morgan fingerprint density at radius 3 is 2.61 bits per heavy atom. The first-order valence-corrected chi connectivity index (χ1v) is 11.4. The van der Waals surface area contributed by atoms with Gasteiger partial charge >= 0.3 is 0 Å². The van der Waals surface area contributed by atoms with E-state index in [1.54, 1.807) is 32.2 Å². The highest BCUT2D eigenvalue weighted by Gasteiger charge is 2.40. The molecule has 1 saturated heterocycles. The number of benzene rings is 1. The number of aliphatic imine (C=N–C) groups is 1. The predicted octanol–water partition coefficient (Wildman–Crippen LogP) is 3.32. The molecule has 1 N–H and O–H groups in total. The monoisotopic (exact) mass is 534 g/mol. The van der Waals surface area contributed by atoms with E-state index >= 15 is 0 Å². The normalized spacial score (nSPS) is 18.4. The van der Waals surface area contributed by atoms with Crippen LogP contribution >= 0.6 is 35.3 Å². The van der Waals surface area contributed by atoms with Gasteiger partial charge in [0.25, 0.3) is 0 Å². The molecule has 0 radical (unpaired) electrons. The van der Waals surface area contributed by atoms with Crippen molar-refractivity contribution in [3.8, 4) is 10.6 Å². The van der Waals surface area contributed by atoms with E-state index in [0.29, 0.717) is 19.6 Å². The van der Waals surface area contributed by atoms with Crippen LogP contribution in [-0.4, -0.2) is 54.9 Å². The van der Waals surface area contributed by atoms with E-state index in [1.807, 2.05) is 30.0 Å². The molecular weight excluding hydrogens is 507 g/mol. The van der Waals surface area contributed by atoms with Gasteiger partial charge in [0.1, 0.15) is 5.01 Å². The molecule has 3 rings (SSSR count). The Morgan fingerprint density at radius 1 is 1.32 bits per heavy atom. The third-order valence-electron chi connectivity index (χ3n) is 4.88. The third kappa shape index (κ3) is 4.85. The molecule has 0 atom stereocenters. The number of sulfone groups is 1. The first-order valence-electron chi connectivity index (χ1n) is 8.93. The van der Waals surface area contributed by atoms with Crippen molar-refractivity contribution in [3.63, 3.8) is 0 Å². The maximum Gasteiger partial charge on any atom is 0.194 e. The zero-order chi connectivity index (χ0) is 19.7. The van der Waals surface area contributed by atoms with Crippen molar-refractivity contribution in [1.29, 1.82) is 0 Å². The molecule has 2 aromatic rings. The number of aromatic nitrogens is 1. The van der Waals surface area contributed by atoms with Crippen LogP contribution < -0.4 is 5.32 Å². The highest BCUT2D eigenvalue weighted by Crippen LogP contribution is 2.28. The maximum absolute atomic E-state index is 12.2. The van der Waals surface area contributed by atoms with Crippen molar-refractivity contribution in [3.05, 3.63) is 40.9 Å².